The lowest BCUT2D eigenvalue weighted by Crippen LogP contribution is -2.41. The molecule has 0 bridgehead atoms. The molecule has 4 atom stereocenters. The Morgan fingerprint density at radius 2 is 1.04 bits per heavy atom. The number of esters is 1. The Hall–Kier alpha value is -6.17. The van der Waals surface area contributed by atoms with Gasteiger partial charge in [-0.25, -0.2) is 14.4 Å². The van der Waals surface area contributed by atoms with Gasteiger partial charge in [0.05, 0.1) is 27.4 Å². The van der Waals surface area contributed by atoms with E-state index in [1.807, 2.05) is 0 Å². The summed E-state index contributed by atoms with van der Waals surface area (Å²) in [5.74, 6) is -1.08. The Balaban J connectivity index is 1.24. The van der Waals surface area contributed by atoms with Crippen molar-refractivity contribution in [1.29, 1.82) is 0 Å². The van der Waals surface area contributed by atoms with E-state index in [0.717, 1.165) is 0 Å². The van der Waals surface area contributed by atoms with Gasteiger partial charge in [-0.2, -0.15) is 0 Å². The van der Waals surface area contributed by atoms with Gasteiger partial charge < -0.3 is 24.2 Å². The van der Waals surface area contributed by atoms with Crippen molar-refractivity contribution in [2.24, 2.45) is 5.92 Å². The molecule has 2 fully saturated rings. The van der Waals surface area contributed by atoms with E-state index >= 15 is 0 Å². The topological polar surface area (TPSA) is 235 Å². The number of rotatable bonds is 12. The van der Waals surface area contributed by atoms with Crippen LogP contribution in [0.3, 0.4) is 0 Å². The summed E-state index contributed by atoms with van der Waals surface area (Å²) in [7, 11) is 0. The molecule has 0 saturated carbocycles. The van der Waals surface area contributed by atoms with E-state index in [1.165, 1.54) is 82.6 Å². The maximum absolute atomic E-state index is 13.4. The molecule has 0 spiro atoms. The van der Waals surface area contributed by atoms with Gasteiger partial charge in [0.15, 0.2) is 0 Å². The number of nitrogens with zero attached hydrogens (tertiary/aromatic N) is 5. The molecule has 2 aliphatic rings. The second-order valence-corrected chi connectivity index (χ2v) is 12.2. The molecule has 0 unspecified atom stereocenters. The number of aliphatic hydroxyl groups is 1. The van der Waals surface area contributed by atoms with Crippen LogP contribution in [0, 0.1) is 36.3 Å². The normalized spacial score (nSPS) is 19.7. The second kappa shape index (κ2) is 16.0. The van der Waals surface area contributed by atoms with Crippen molar-refractivity contribution in [2.75, 3.05) is 13.1 Å². The molecule has 3 aromatic rings. The van der Waals surface area contributed by atoms with Crippen LogP contribution in [-0.4, -0.2) is 79.1 Å². The molecule has 2 aliphatic heterocycles. The van der Waals surface area contributed by atoms with Crippen LogP contribution in [0.1, 0.15) is 36.0 Å². The molecule has 0 aromatic heterocycles. The van der Waals surface area contributed by atoms with Crippen molar-refractivity contribution in [3.8, 4) is 0 Å². The minimum absolute atomic E-state index is 0.00180. The van der Waals surface area contributed by atoms with Crippen LogP contribution >= 0.6 is 0 Å². The van der Waals surface area contributed by atoms with Crippen LogP contribution in [0.4, 0.5) is 26.7 Å². The molecule has 51 heavy (non-hydrogen) atoms. The molecule has 3 aromatic carbocycles. The summed E-state index contributed by atoms with van der Waals surface area (Å²) in [6, 6.07) is 14.8. The Bertz CT molecular complexity index is 1690. The Morgan fingerprint density at radius 1 is 0.627 bits per heavy atom. The summed E-state index contributed by atoms with van der Waals surface area (Å²) in [5, 5.41) is 43.3. The van der Waals surface area contributed by atoms with E-state index in [4.69, 9.17) is 14.2 Å². The number of carbonyl (C=O) groups is 3. The van der Waals surface area contributed by atoms with E-state index in [9.17, 15) is 49.8 Å². The summed E-state index contributed by atoms with van der Waals surface area (Å²) in [6.45, 7) is -0.553. The zero-order chi connectivity index (χ0) is 36.7. The first-order valence-corrected chi connectivity index (χ1v) is 15.8. The number of likely N-dealkylation sites (tertiary alicyclic amines) is 2. The summed E-state index contributed by atoms with van der Waals surface area (Å²) in [6.07, 6.45) is -1.71. The number of nitro groups is 3. The summed E-state index contributed by atoms with van der Waals surface area (Å²) < 4.78 is 16.4. The van der Waals surface area contributed by atoms with Crippen LogP contribution in [0.5, 0.6) is 0 Å². The molecular formula is C33H33N5O13. The Kier molecular flexibility index (Phi) is 11.4. The highest BCUT2D eigenvalue weighted by molar-refractivity contribution is 5.82. The van der Waals surface area contributed by atoms with Crippen molar-refractivity contribution in [2.45, 2.75) is 57.3 Å². The molecule has 2 heterocycles. The van der Waals surface area contributed by atoms with Crippen molar-refractivity contribution in [1.82, 2.24) is 9.80 Å². The number of nitro benzene ring substituents is 3. The maximum atomic E-state index is 13.4. The van der Waals surface area contributed by atoms with E-state index < -0.39 is 51.1 Å². The predicted molar refractivity (Wildman–Crippen MR) is 174 cm³/mol. The van der Waals surface area contributed by atoms with Crippen LogP contribution in [0.25, 0.3) is 0 Å². The molecule has 1 N–H and O–H groups in total. The molecule has 18 heteroatoms. The lowest BCUT2D eigenvalue weighted by molar-refractivity contribution is -0.385. The number of amides is 2. The number of non-ortho nitro benzene ring substituents is 3. The van der Waals surface area contributed by atoms with Crippen molar-refractivity contribution >= 4 is 35.2 Å². The average Bonchev–Trinajstić information content (AvgIpc) is 3.72. The first-order valence-electron chi connectivity index (χ1n) is 15.8. The highest BCUT2D eigenvalue weighted by Gasteiger charge is 2.44. The molecule has 268 valence electrons. The third kappa shape index (κ3) is 9.30. The Morgan fingerprint density at radius 3 is 1.47 bits per heavy atom. The van der Waals surface area contributed by atoms with E-state index in [2.05, 4.69) is 0 Å². The van der Waals surface area contributed by atoms with Gasteiger partial charge >= 0.3 is 18.2 Å². The van der Waals surface area contributed by atoms with Gasteiger partial charge in [-0.1, -0.05) is 0 Å². The van der Waals surface area contributed by atoms with Gasteiger partial charge in [0.1, 0.15) is 25.9 Å². The first-order chi connectivity index (χ1) is 24.4. The zero-order valence-corrected chi connectivity index (χ0v) is 27.0. The highest BCUT2D eigenvalue weighted by Crippen LogP contribution is 2.33. The number of benzene rings is 3. The number of β-amino-alcohol motifs (C(OH)–C–C–N with tert-alkyl or cyclic N) is 1. The largest absolute Gasteiger partial charge is 0.459 e. The first kappa shape index (κ1) is 36.1. The van der Waals surface area contributed by atoms with Crippen LogP contribution in [0.15, 0.2) is 72.8 Å². The molecule has 2 saturated heterocycles. The van der Waals surface area contributed by atoms with Crippen LogP contribution in [0.2, 0.25) is 0 Å². The van der Waals surface area contributed by atoms with Crippen LogP contribution < -0.4 is 0 Å². The van der Waals surface area contributed by atoms with Crippen molar-refractivity contribution in [3.63, 3.8) is 0 Å². The monoisotopic (exact) mass is 707 g/mol. The third-order valence-electron chi connectivity index (χ3n) is 8.67. The third-order valence-corrected chi connectivity index (χ3v) is 8.67. The lowest BCUT2D eigenvalue weighted by atomic mass is 9.95. The van der Waals surface area contributed by atoms with E-state index in [0.29, 0.717) is 23.1 Å². The zero-order valence-electron chi connectivity index (χ0n) is 27.0. The number of hydrogen-bond donors (Lipinski definition) is 1. The smallest absolute Gasteiger partial charge is 0.410 e. The maximum Gasteiger partial charge on any atom is 0.410 e. The molecule has 5 rings (SSSR count). The Labute approximate surface area is 289 Å². The molecule has 18 nitrogen and oxygen atoms in total. The van der Waals surface area contributed by atoms with E-state index in [-0.39, 0.29) is 68.7 Å². The fraction of sp³-hybridized carbons (Fsp3) is 0.364. The SMILES string of the molecule is O=C(OCc1ccc([N+](=O)[O-])cc1)[C@@H]1C[C@@H](C[C@@H]2C[C@@H](O)CN2C(=O)OCc2ccc([N+](=O)[O-])cc2)CN1C(=O)OCc1ccc([N+](=O)[O-])cc1. The molecule has 0 aliphatic carbocycles. The van der Waals surface area contributed by atoms with Gasteiger partial charge in [-0.3, -0.25) is 35.2 Å². The van der Waals surface area contributed by atoms with Gasteiger partial charge in [0.25, 0.3) is 17.1 Å². The predicted octanol–water partition coefficient (Wildman–Crippen LogP) is 4.64. The quantitative estimate of drug-likeness (QED) is 0.117. The fourth-order valence-electron chi connectivity index (χ4n) is 6.09. The summed E-state index contributed by atoms with van der Waals surface area (Å²) in [5.41, 5.74) is 1.11. The fourth-order valence-corrected chi connectivity index (χ4v) is 6.09. The summed E-state index contributed by atoms with van der Waals surface area (Å²) >= 11 is 0. The molecule has 0 radical (unpaired) electrons. The molecule has 2 amide bonds. The van der Waals surface area contributed by atoms with Crippen molar-refractivity contribution in [3.05, 3.63) is 120 Å². The number of aliphatic hydroxyl groups excluding tert-OH is 1. The van der Waals surface area contributed by atoms with Gasteiger partial charge in [0, 0.05) is 49.0 Å². The van der Waals surface area contributed by atoms with Crippen molar-refractivity contribution < 1.29 is 48.5 Å². The number of carbonyl (C=O) groups excluding carboxylic acids is 3. The number of ether oxygens (including phenoxy) is 3. The number of hydrogen-bond acceptors (Lipinski definition) is 13. The standard InChI is InChI=1S/C33H33N5O13/c39-29-15-28(34(17-29)32(41)50-19-22-3-9-26(10-4-22)37(45)46)13-24-14-30(31(40)49-18-21-1-7-25(8-2-21)36(43)44)35(16-24)33(42)51-20-23-5-11-27(12-6-23)38(47)48/h1-12,24,28-30,39H,13-20H2/t24-,28-,29-,30+/m1/s1. The van der Waals surface area contributed by atoms with Crippen LogP contribution in [-0.2, 0) is 38.8 Å². The second-order valence-electron chi connectivity index (χ2n) is 12.2. The van der Waals surface area contributed by atoms with E-state index in [1.54, 1.807) is 0 Å². The average molecular weight is 708 g/mol. The molecular weight excluding hydrogens is 674 g/mol. The van der Waals surface area contributed by atoms with Gasteiger partial charge in [-0.15, -0.1) is 0 Å². The highest BCUT2D eigenvalue weighted by atomic mass is 16.6. The minimum Gasteiger partial charge on any atom is -0.459 e. The van der Waals surface area contributed by atoms with Gasteiger partial charge in [0.2, 0.25) is 0 Å². The summed E-state index contributed by atoms with van der Waals surface area (Å²) in [4.78, 5) is 73.6. The minimum atomic E-state index is -1.08. The lowest BCUT2D eigenvalue weighted by Gasteiger charge is -2.26. The van der Waals surface area contributed by atoms with Gasteiger partial charge in [-0.05, 0) is 78.3 Å².